The van der Waals surface area contributed by atoms with E-state index in [1.54, 1.807) is 7.11 Å². The van der Waals surface area contributed by atoms with Gasteiger partial charge in [0.25, 0.3) is 5.22 Å². The largest absolute Gasteiger partial charge is 0.497 e. The van der Waals surface area contributed by atoms with Gasteiger partial charge in [-0.25, -0.2) is 4.98 Å². The lowest BCUT2D eigenvalue weighted by atomic mass is 10.1. The highest BCUT2D eigenvalue weighted by molar-refractivity contribution is 7.99. The Morgan fingerprint density at radius 3 is 2.61 bits per heavy atom. The minimum atomic E-state index is 0.0855. The topological polar surface area (TPSA) is 55.5 Å². The zero-order valence-electron chi connectivity index (χ0n) is 12.7. The fraction of sp³-hybridized carbons (Fsp3) is 0.167. The van der Waals surface area contributed by atoms with Crippen molar-refractivity contribution in [3.8, 4) is 28.3 Å². The third-order valence-electron chi connectivity index (χ3n) is 3.30. The number of thioether (sulfide) groups is 1. The molecule has 118 valence electrons. The van der Waals surface area contributed by atoms with Gasteiger partial charge in [-0.3, -0.25) is 0 Å². The highest BCUT2D eigenvalue weighted by atomic mass is 32.2. The van der Waals surface area contributed by atoms with E-state index in [-0.39, 0.29) is 6.61 Å². The van der Waals surface area contributed by atoms with Crippen LogP contribution in [0.1, 0.15) is 0 Å². The molecule has 1 heterocycles. The number of oxazole rings is 1. The third-order valence-corrected chi connectivity index (χ3v) is 4.11. The number of aliphatic hydroxyl groups is 1. The van der Waals surface area contributed by atoms with Crippen molar-refractivity contribution >= 4 is 11.8 Å². The predicted octanol–water partition coefficient (Wildman–Crippen LogP) is 4.10. The van der Waals surface area contributed by atoms with Crippen LogP contribution < -0.4 is 4.74 Å². The molecule has 0 spiro atoms. The average Bonchev–Trinajstić information content (AvgIpc) is 3.05. The highest BCUT2D eigenvalue weighted by Gasteiger charge is 2.17. The number of benzene rings is 2. The summed E-state index contributed by atoms with van der Waals surface area (Å²) in [6.45, 7) is 0.0855. The van der Waals surface area contributed by atoms with Crippen LogP contribution in [0.2, 0.25) is 0 Å². The van der Waals surface area contributed by atoms with Crippen LogP contribution in [0.15, 0.2) is 64.2 Å². The highest BCUT2D eigenvalue weighted by Crippen LogP contribution is 2.36. The summed E-state index contributed by atoms with van der Waals surface area (Å²) in [6.07, 6.45) is 0. The van der Waals surface area contributed by atoms with E-state index in [2.05, 4.69) is 4.98 Å². The summed E-state index contributed by atoms with van der Waals surface area (Å²) in [4.78, 5) is 4.60. The van der Waals surface area contributed by atoms with Gasteiger partial charge in [0.15, 0.2) is 5.76 Å². The number of methoxy groups -OCH3 is 1. The van der Waals surface area contributed by atoms with E-state index in [1.807, 2.05) is 54.6 Å². The maximum atomic E-state index is 9.00. The molecule has 1 aromatic heterocycles. The molecule has 1 N–H and O–H groups in total. The van der Waals surface area contributed by atoms with Crippen LogP contribution in [-0.2, 0) is 0 Å². The first kappa shape index (κ1) is 15.6. The molecule has 2 aromatic carbocycles. The van der Waals surface area contributed by atoms with Gasteiger partial charge in [0.2, 0.25) is 0 Å². The first-order valence-electron chi connectivity index (χ1n) is 7.26. The van der Waals surface area contributed by atoms with Crippen LogP contribution in [0.3, 0.4) is 0 Å². The number of ether oxygens (including phenoxy) is 1. The maximum absolute atomic E-state index is 9.00. The van der Waals surface area contributed by atoms with Gasteiger partial charge in [-0.2, -0.15) is 0 Å². The molecule has 0 bridgehead atoms. The summed E-state index contributed by atoms with van der Waals surface area (Å²) in [6, 6.07) is 17.6. The molecule has 0 saturated carbocycles. The van der Waals surface area contributed by atoms with Crippen molar-refractivity contribution in [2.45, 2.75) is 5.22 Å². The SMILES string of the molecule is COc1cccc(-c2nc(SCCO)oc2-c2ccccc2)c1. The van der Waals surface area contributed by atoms with Gasteiger partial charge in [-0.15, -0.1) is 0 Å². The summed E-state index contributed by atoms with van der Waals surface area (Å²) in [7, 11) is 1.64. The van der Waals surface area contributed by atoms with Gasteiger partial charge in [0.05, 0.1) is 13.7 Å². The quantitative estimate of drug-likeness (QED) is 0.691. The van der Waals surface area contributed by atoms with Crippen molar-refractivity contribution < 1.29 is 14.3 Å². The zero-order chi connectivity index (χ0) is 16.1. The fourth-order valence-electron chi connectivity index (χ4n) is 2.25. The molecule has 3 aromatic rings. The monoisotopic (exact) mass is 327 g/mol. The van der Waals surface area contributed by atoms with Gasteiger partial charge in [0.1, 0.15) is 11.4 Å². The van der Waals surface area contributed by atoms with Crippen molar-refractivity contribution in [2.24, 2.45) is 0 Å². The smallest absolute Gasteiger partial charge is 0.256 e. The molecule has 0 unspecified atom stereocenters. The van der Waals surface area contributed by atoms with E-state index in [4.69, 9.17) is 14.3 Å². The molecule has 5 heteroatoms. The van der Waals surface area contributed by atoms with Gasteiger partial charge < -0.3 is 14.3 Å². The van der Waals surface area contributed by atoms with E-state index in [1.165, 1.54) is 11.8 Å². The Hall–Kier alpha value is -2.24. The van der Waals surface area contributed by atoms with Crippen LogP contribution >= 0.6 is 11.8 Å². The van der Waals surface area contributed by atoms with E-state index in [9.17, 15) is 0 Å². The lowest BCUT2D eigenvalue weighted by molar-refractivity contribution is 0.322. The Morgan fingerprint density at radius 1 is 1.09 bits per heavy atom. The summed E-state index contributed by atoms with van der Waals surface area (Å²) >= 11 is 1.40. The molecular formula is C18H17NO3S. The van der Waals surface area contributed by atoms with Crippen LogP contribution in [0, 0.1) is 0 Å². The Morgan fingerprint density at radius 2 is 1.87 bits per heavy atom. The maximum Gasteiger partial charge on any atom is 0.256 e. The zero-order valence-corrected chi connectivity index (χ0v) is 13.5. The summed E-state index contributed by atoms with van der Waals surface area (Å²) in [5, 5.41) is 9.55. The number of hydrogen-bond acceptors (Lipinski definition) is 5. The van der Waals surface area contributed by atoms with Gasteiger partial charge in [-0.05, 0) is 12.1 Å². The van der Waals surface area contributed by atoms with Crippen molar-refractivity contribution in [1.29, 1.82) is 0 Å². The third kappa shape index (κ3) is 3.57. The van der Waals surface area contributed by atoms with Crippen molar-refractivity contribution in [3.05, 3.63) is 54.6 Å². The van der Waals surface area contributed by atoms with Crippen molar-refractivity contribution in [2.75, 3.05) is 19.5 Å². The molecule has 0 aliphatic carbocycles. The summed E-state index contributed by atoms with van der Waals surface area (Å²) < 4.78 is 11.2. The molecule has 0 saturated heterocycles. The first-order chi connectivity index (χ1) is 11.3. The lowest BCUT2D eigenvalue weighted by Crippen LogP contribution is -1.87. The van der Waals surface area contributed by atoms with Crippen LogP contribution in [0.5, 0.6) is 5.75 Å². The van der Waals surface area contributed by atoms with E-state index in [0.29, 0.717) is 11.0 Å². The lowest BCUT2D eigenvalue weighted by Gasteiger charge is -2.04. The second kappa shape index (κ2) is 7.35. The van der Waals surface area contributed by atoms with Crippen LogP contribution in [0.4, 0.5) is 0 Å². The Balaban J connectivity index is 2.08. The molecule has 0 aliphatic heterocycles. The van der Waals surface area contributed by atoms with E-state index in [0.717, 1.165) is 28.3 Å². The number of rotatable bonds is 6. The minimum Gasteiger partial charge on any atom is -0.497 e. The Labute approximate surface area is 139 Å². The molecule has 0 amide bonds. The van der Waals surface area contributed by atoms with Crippen molar-refractivity contribution in [1.82, 2.24) is 4.98 Å². The molecule has 0 fully saturated rings. The Kier molecular flexibility index (Phi) is 5.00. The van der Waals surface area contributed by atoms with Crippen molar-refractivity contribution in [3.63, 3.8) is 0 Å². The minimum absolute atomic E-state index is 0.0855. The van der Waals surface area contributed by atoms with Gasteiger partial charge >= 0.3 is 0 Å². The number of aromatic nitrogens is 1. The summed E-state index contributed by atoms with van der Waals surface area (Å²) in [5.41, 5.74) is 2.67. The fourth-order valence-corrected chi connectivity index (χ4v) is 2.81. The van der Waals surface area contributed by atoms with Gasteiger partial charge in [-0.1, -0.05) is 54.2 Å². The number of hydrogen-bond donors (Lipinski definition) is 1. The molecule has 0 aliphatic rings. The number of nitrogens with zero attached hydrogens (tertiary/aromatic N) is 1. The first-order valence-corrected chi connectivity index (χ1v) is 8.24. The van der Waals surface area contributed by atoms with Crippen LogP contribution in [0.25, 0.3) is 22.6 Å². The molecule has 0 radical (unpaired) electrons. The normalized spacial score (nSPS) is 10.7. The molecule has 0 atom stereocenters. The van der Waals surface area contributed by atoms with Crippen LogP contribution in [-0.4, -0.2) is 29.6 Å². The standard InChI is InChI=1S/C18H17NO3S/c1-21-15-9-5-8-14(12-15)16-17(13-6-3-2-4-7-13)22-18(19-16)23-11-10-20/h2-9,12,20H,10-11H2,1H3. The molecule has 4 nitrogen and oxygen atoms in total. The van der Waals surface area contributed by atoms with E-state index < -0.39 is 0 Å². The molecule has 23 heavy (non-hydrogen) atoms. The molecular weight excluding hydrogens is 310 g/mol. The Bertz CT molecular complexity index is 771. The summed E-state index contributed by atoms with van der Waals surface area (Å²) in [5.74, 6) is 2.04. The average molecular weight is 327 g/mol. The van der Waals surface area contributed by atoms with Gasteiger partial charge in [0, 0.05) is 16.9 Å². The molecule has 3 rings (SSSR count). The second-order valence-corrected chi connectivity index (χ2v) is 5.87. The number of aliphatic hydroxyl groups excluding tert-OH is 1. The predicted molar refractivity (Wildman–Crippen MR) is 91.7 cm³/mol. The second-order valence-electron chi connectivity index (χ2n) is 4.83. The van der Waals surface area contributed by atoms with E-state index >= 15 is 0 Å².